The maximum absolute atomic E-state index is 13.1. The van der Waals surface area contributed by atoms with Crippen LogP contribution in [0, 0.1) is 17.2 Å². The number of hydrogen-bond acceptors (Lipinski definition) is 4. The Balaban J connectivity index is 1.46. The molecule has 2 aromatic rings. The Hall–Kier alpha value is -2.84. The third-order valence-corrected chi connectivity index (χ3v) is 5.88. The molecule has 3 aliphatic rings. The molecule has 5 rings (SSSR count). The van der Waals surface area contributed by atoms with Crippen LogP contribution in [0.1, 0.15) is 34.3 Å². The van der Waals surface area contributed by atoms with Crippen LogP contribution in [0.25, 0.3) is 0 Å². The fourth-order valence-corrected chi connectivity index (χ4v) is 4.40. The Morgan fingerprint density at radius 3 is 2.50 bits per heavy atom. The van der Waals surface area contributed by atoms with Crippen LogP contribution in [0.2, 0.25) is 0 Å². The first-order chi connectivity index (χ1) is 13.7. The number of benzene rings is 2. The average molecular weight is 375 g/mol. The molecule has 0 N–H and O–H groups in total. The summed E-state index contributed by atoms with van der Waals surface area (Å²) in [5.41, 5.74) is 2.53. The lowest BCUT2D eigenvalue weighted by Crippen LogP contribution is -2.47. The first-order valence-electron chi connectivity index (χ1n) is 9.82. The number of nitriles is 1. The number of methoxy groups -OCH3 is 1. The second-order valence-corrected chi connectivity index (χ2v) is 7.79. The van der Waals surface area contributed by atoms with Crippen LogP contribution in [0.4, 0.5) is 0 Å². The lowest BCUT2D eigenvalue weighted by Gasteiger charge is -2.36. The van der Waals surface area contributed by atoms with E-state index in [0.717, 1.165) is 38.3 Å². The molecule has 0 aromatic heterocycles. The van der Waals surface area contributed by atoms with Gasteiger partial charge in [0.05, 0.1) is 18.7 Å². The van der Waals surface area contributed by atoms with Crippen LogP contribution in [0.3, 0.4) is 0 Å². The minimum absolute atomic E-state index is 0.0884. The summed E-state index contributed by atoms with van der Waals surface area (Å²) in [5.74, 6) is 1.48. The molecule has 0 unspecified atom stereocenters. The highest BCUT2D eigenvalue weighted by molar-refractivity contribution is 5.94. The first kappa shape index (κ1) is 18.5. The summed E-state index contributed by atoms with van der Waals surface area (Å²) in [6.45, 7) is 3.66. The number of piperidine rings is 1. The number of amides is 1. The van der Waals surface area contributed by atoms with E-state index in [9.17, 15) is 4.79 Å². The third kappa shape index (κ3) is 3.88. The number of rotatable bonds is 4. The number of ether oxygens (including phenoxy) is 1. The van der Waals surface area contributed by atoms with Gasteiger partial charge < -0.3 is 9.64 Å². The second-order valence-electron chi connectivity index (χ2n) is 7.79. The van der Waals surface area contributed by atoms with E-state index < -0.39 is 0 Å². The molecule has 3 heterocycles. The zero-order valence-corrected chi connectivity index (χ0v) is 16.2. The molecule has 144 valence electrons. The zero-order valence-electron chi connectivity index (χ0n) is 16.2. The van der Waals surface area contributed by atoms with E-state index in [1.165, 1.54) is 12.0 Å². The zero-order chi connectivity index (χ0) is 19.5. The van der Waals surface area contributed by atoms with Crippen LogP contribution in [-0.4, -0.2) is 48.5 Å². The number of hydrogen-bond donors (Lipinski definition) is 0. The van der Waals surface area contributed by atoms with Crippen molar-refractivity contribution in [2.75, 3.05) is 26.7 Å². The van der Waals surface area contributed by atoms with Crippen molar-refractivity contribution in [3.05, 3.63) is 65.2 Å². The van der Waals surface area contributed by atoms with Crippen molar-refractivity contribution in [3.8, 4) is 11.8 Å². The van der Waals surface area contributed by atoms with E-state index in [4.69, 9.17) is 10.00 Å². The molecule has 3 aliphatic heterocycles. The number of carbonyl (C=O) groups excluding carboxylic acids is 1. The Morgan fingerprint density at radius 1 is 1.07 bits per heavy atom. The first-order valence-corrected chi connectivity index (χ1v) is 9.82. The molecular weight excluding hydrogens is 350 g/mol. The second kappa shape index (κ2) is 8.04. The Kier molecular flexibility index (Phi) is 5.31. The molecule has 3 saturated heterocycles. The molecule has 0 radical (unpaired) electrons. The van der Waals surface area contributed by atoms with Crippen LogP contribution in [-0.2, 0) is 6.54 Å². The van der Waals surface area contributed by atoms with E-state index in [2.05, 4.69) is 28.0 Å². The lowest BCUT2D eigenvalue weighted by atomic mass is 9.94. The highest BCUT2D eigenvalue weighted by Gasteiger charge is 2.37. The van der Waals surface area contributed by atoms with Gasteiger partial charge in [-0.2, -0.15) is 5.26 Å². The van der Waals surface area contributed by atoms with Gasteiger partial charge in [0.15, 0.2) is 0 Å². The van der Waals surface area contributed by atoms with Crippen molar-refractivity contribution >= 4 is 5.91 Å². The van der Waals surface area contributed by atoms with Gasteiger partial charge >= 0.3 is 0 Å². The quantitative estimate of drug-likeness (QED) is 0.823. The van der Waals surface area contributed by atoms with Crippen LogP contribution >= 0.6 is 0 Å². The Bertz CT molecular complexity index is 870. The summed E-state index contributed by atoms with van der Waals surface area (Å²) in [6.07, 6.45) is 2.24. The molecule has 2 atom stereocenters. The maximum atomic E-state index is 13.1. The number of fused-ring (bicyclic) bond motifs is 4. The van der Waals surface area contributed by atoms with Gasteiger partial charge in [0.2, 0.25) is 0 Å². The largest absolute Gasteiger partial charge is 0.497 e. The Labute approximate surface area is 166 Å². The van der Waals surface area contributed by atoms with Crippen molar-refractivity contribution in [2.24, 2.45) is 5.92 Å². The minimum Gasteiger partial charge on any atom is -0.497 e. The molecule has 2 aromatic carbocycles. The molecule has 2 bridgehead atoms. The van der Waals surface area contributed by atoms with Crippen molar-refractivity contribution in [1.82, 2.24) is 9.80 Å². The van der Waals surface area contributed by atoms with Crippen LogP contribution in [0.5, 0.6) is 5.75 Å². The van der Waals surface area contributed by atoms with Crippen molar-refractivity contribution < 1.29 is 9.53 Å². The van der Waals surface area contributed by atoms with Crippen molar-refractivity contribution in [2.45, 2.75) is 25.4 Å². The summed E-state index contributed by atoms with van der Waals surface area (Å²) >= 11 is 0. The van der Waals surface area contributed by atoms with Gasteiger partial charge in [-0.05, 0) is 60.7 Å². The molecule has 5 nitrogen and oxygen atoms in total. The van der Waals surface area contributed by atoms with E-state index in [0.29, 0.717) is 17.0 Å². The molecular formula is C23H25N3O2. The van der Waals surface area contributed by atoms with Gasteiger partial charge in [0.1, 0.15) is 5.75 Å². The smallest absolute Gasteiger partial charge is 0.254 e. The van der Waals surface area contributed by atoms with Gasteiger partial charge in [-0.1, -0.05) is 12.1 Å². The normalized spacial score (nSPS) is 21.8. The van der Waals surface area contributed by atoms with E-state index in [1.807, 2.05) is 12.1 Å². The number of carbonyl (C=O) groups is 1. The standard InChI is InChI=1S/C23H25N3O2/c1-28-22-10-5-18(6-11-22)13-25-14-19-4-9-21(16-25)26(15-19)23(27)20-7-2-17(12-24)3-8-20/h2-3,5-8,10-11,19,21H,4,9,13-16H2,1H3/t19-,21+/m1/s1. The fourth-order valence-electron chi connectivity index (χ4n) is 4.40. The van der Waals surface area contributed by atoms with E-state index >= 15 is 0 Å². The average Bonchev–Trinajstić information content (AvgIpc) is 3.04. The molecule has 1 amide bonds. The summed E-state index contributed by atoms with van der Waals surface area (Å²) in [5, 5.41) is 8.96. The molecule has 0 spiro atoms. The van der Waals surface area contributed by atoms with E-state index in [1.54, 1.807) is 31.4 Å². The van der Waals surface area contributed by atoms with Gasteiger partial charge in [-0.15, -0.1) is 0 Å². The molecule has 28 heavy (non-hydrogen) atoms. The summed E-state index contributed by atoms with van der Waals surface area (Å²) in [6, 6.07) is 17.6. The highest BCUT2D eigenvalue weighted by Crippen LogP contribution is 2.30. The van der Waals surface area contributed by atoms with Gasteiger partial charge in [-0.3, -0.25) is 9.69 Å². The molecule has 0 saturated carbocycles. The van der Waals surface area contributed by atoms with Crippen molar-refractivity contribution in [3.63, 3.8) is 0 Å². The third-order valence-electron chi connectivity index (χ3n) is 5.88. The monoisotopic (exact) mass is 375 g/mol. The topological polar surface area (TPSA) is 56.6 Å². The SMILES string of the molecule is COc1ccc(CN2C[C@H]3CC[C@@H](C2)N(C(=O)c2ccc(C#N)cc2)C3)cc1. The summed E-state index contributed by atoms with van der Waals surface area (Å²) in [4.78, 5) is 17.6. The van der Waals surface area contributed by atoms with Gasteiger partial charge in [-0.25, -0.2) is 0 Å². The molecule has 5 heteroatoms. The molecule has 3 fully saturated rings. The maximum Gasteiger partial charge on any atom is 0.254 e. The van der Waals surface area contributed by atoms with Crippen LogP contribution < -0.4 is 4.74 Å². The van der Waals surface area contributed by atoms with Crippen molar-refractivity contribution in [1.29, 1.82) is 5.26 Å². The lowest BCUT2D eigenvalue weighted by molar-refractivity contribution is 0.0585. The van der Waals surface area contributed by atoms with E-state index in [-0.39, 0.29) is 11.9 Å². The molecule has 0 aliphatic carbocycles. The van der Waals surface area contributed by atoms with Gasteiger partial charge in [0.25, 0.3) is 5.91 Å². The number of nitrogens with zero attached hydrogens (tertiary/aromatic N) is 3. The summed E-state index contributed by atoms with van der Waals surface area (Å²) in [7, 11) is 1.68. The fraction of sp³-hybridized carbons (Fsp3) is 0.391. The summed E-state index contributed by atoms with van der Waals surface area (Å²) < 4.78 is 5.24. The van der Waals surface area contributed by atoms with Crippen LogP contribution in [0.15, 0.2) is 48.5 Å². The van der Waals surface area contributed by atoms with Gasteiger partial charge in [0, 0.05) is 37.8 Å². The predicted octanol–water partition coefficient (Wildman–Crippen LogP) is 3.30. The highest BCUT2D eigenvalue weighted by atomic mass is 16.5. The predicted molar refractivity (Wildman–Crippen MR) is 107 cm³/mol. The minimum atomic E-state index is 0.0884. The Morgan fingerprint density at radius 2 is 1.82 bits per heavy atom.